The summed E-state index contributed by atoms with van der Waals surface area (Å²) in [7, 11) is 3.23. The van der Waals surface area contributed by atoms with Crippen LogP contribution < -0.4 is 14.8 Å². The molecule has 1 aromatic heterocycles. The van der Waals surface area contributed by atoms with Crippen molar-refractivity contribution >= 4 is 23.2 Å². The van der Waals surface area contributed by atoms with Gasteiger partial charge in [0.1, 0.15) is 0 Å². The van der Waals surface area contributed by atoms with Crippen molar-refractivity contribution in [1.29, 1.82) is 0 Å². The Kier molecular flexibility index (Phi) is 7.73. The van der Waals surface area contributed by atoms with Gasteiger partial charge in [-0.25, -0.2) is 4.98 Å². The number of thiazole rings is 1. The summed E-state index contributed by atoms with van der Waals surface area (Å²) in [4.78, 5) is 34.0. The van der Waals surface area contributed by atoms with Gasteiger partial charge in [-0.3, -0.25) is 14.5 Å². The molecule has 1 atom stereocenters. The number of carbonyl (C=O) groups is 2. The topological polar surface area (TPSA) is 84.0 Å². The molecule has 34 heavy (non-hydrogen) atoms. The van der Waals surface area contributed by atoms with E-state index in [1.165, 1.54) is 0 Å². The number of amides is 2. The predicted octanol–water partition coefficient (Wildman–Crippen LogP) is 2.78. The van der Waals surface area contributed by atoms with Crippen LogP contribution in [0.15, 0.2) is 23.6 Å². The minimum Gasteiger partial charge on any atom is -0.493 e. The maximum Gasteiger partial charge on any atom is 0.222 e. The number of methoxy groups -OCH3 is 2. The van der Waals surface area contributed by atoms with E-state index in [4.69, 9.17) is 9.47 Å². The molecule has 0 aliphatic carbocycles. The second kappa shape index (κ2) is 10.7. The van der Waals surface area contributed by atoms with Crippen molar-refractivity contribution in [2.75, 3.05) is 40.4 Å². The van der Waals surface area contributed by atoms with Crippen molar-refractivity contribution in [3.8, 4) is 11.5 Å². The molecule has 0 saturated carbocycles. The van der Waals surface area contributed by atoms with Crippen LogP contribution in [0.4, 0.5) is 0 Å². The Morgan fingerprint density at radius 3 is 2.56 bits per heavy atom. The molecule has 8 nitrogen and oxygen atoms in total. The first-order valence-electron chi connectivity index (χ1n) is 11.8. The first-order valence-corrected chi connectivity index (χ1v) is 12.7. The monoisotopic (exact) mass is 486 g/mol. The van der Waals surface area contributed by atoms with E-state index < -0.39 is 5.54 Å². The molecular weight excluding hydrogens is 452 g/mol. The second-order valence-corrected chi connectivity index (χ2v) is 10.3. The van der Waals surface area contributed by atoms with Crippen LogP contribution in [0.2, 0.25) is 0 Å². The summed E-state index contributed by atoms with van der Waals surface area (Å²) >= 11 is 1.68. The number of carbonyl (C=O) groups excluding carboxylic acids is 2. The van der Waals surface area contributed by atoms with Gasteiger partial charge in [0.2, 0.25) is 11.8 Å². The van der Waals surface area contributed by atoms with Crippen LogP contribution in [-0.4, -0.2) is 72.5 Å². The Balaban J connectivity index is 1.32. The minimum atomic E-state index is -0.406. The lowest BCUT2D eigenvalue weighted by Gasteiger charge is -2.35. The van der Waals surface area contributed by atoms with Crippen LogP contribution in [0.1, 0.15) is 41.9 Å². The van der Waals surface area contributed by atoms with Crippen LogP contribution in [-0.2, 0) is 22.6 Å². The molecule has 2 saturated heterocycles. The highest BCUT2D eigenvalue weighted by Crippen LogP contribution is 2.33. The molecule has 2 aliphatic heterocycles. The van der Waals surface area contributed by atoms with Crippen LogP contribution in [0, 0.1) is 6.92 Å². The molecular formula is C25H34N4O4S. The molecule has 2 amide bonds. The lowest BCUT2D eigenvalue weighted by molar-refractivity contribution is -0.133. The van der Waals surface area contributed by atoms with Gasteiger partial charge < -0.3 is 19.7 Å². The highest BCUT2D eigenvalue weighted by Gasteiger charge is 2.38. The van der Waals surface area contributed by atoms with Gasteiger partial charge >= 0.3 is 0 Å². The molecule has 0 radical (unpaired) electrons. The largest absolute Gasteiger partial charge is 0.493 e. The number of rotatable bonds is 9. The third kappa shape index (κ3) is 5.88. The maximum atomic E-state index is 13.0. The Morgan fingerprint density at radius 1 is 1.18 bits per heavy atom. The van der Waals surface area contributed by atoms with Crippen LogP contribution in [0.3, 0.4) is 0 Å². The van der Waals surface area contributed by atoms with Crippen molar-refractivity contribution < 1.29 is 19.1 Å². The fourth-order valence-corrected chi connectivity index (χ4v) is 5.54. The number of hydrogen-bond acceptors (Lipinski definition) is 7. The Labute approximate surface area is 205 Å². The number of nitrogens with one attached hydrogen (secondary N) is 1. The van der Waals surface area contributed by atoms with E-state index in [0.717, 1.165) is 55.4 Å². The number of hydrogen-bond donors (Lipinski definition) is 1. The van der Waals surface area contributed by atoms with Crippen molar-refractivity contribution in [3.05, 3.63) is 39.8 Å². The van der Waals surface area contributed by atoms with Gasteiger partial charge in [-0.1, -0.05) is 6.07 Å². The molecule has 0 unspecified atom stereocenters. The van der Waals surface area contributed by atoms with E-state index in [1.807, 2.05) is 30.0 Å². The van der Waals surface area contributed by atoms with Gasteiger partial charge in [-0.05, 0) is 43.9 Å². The quantitative estimate of drug-likeness (QED) is 0.587. The summed E-state index contributed by atoms with van der Waals surface area (Å²) in [5.74, 6) is 1.56. The standard InChI is InChI=1S/C25H34N4O4S/c1-18-26-20(17-34-18)16-28-10-12-29(13-11-28)24(31)7-9-25(8-6-23(30)27-25)15-19-4-5-21(32-2)22(14-19)33-3/h4-5,14,17H,6-13,15-16H2,1-3H3,(H,27,30)/t25-/m1/s1. The van der Waals surface area contributed by atoms with Crippen molar-refractivity contribution in [3.63, 3.8) is 0 Å². The zero-order valence-electron chi connectivity index (χ0n) is 20.3. The average Bonchev–Trinajstić information content (AvgIpc) is 3.42. The van der Waals surface area contributed by atoms with E-state index >= 15 is 0 Å². The van der Waals surface area contributed by atoms with E-state index in [0.29, 0.717) is 37.2 Å². The molecule has 3 heterocycles. The SMILES string of the molecule is COc1ccc(C[C@]2(CCC(=O)N3CCN(Cc4csc(C)n4)CC3)CCC(=O)N2)cc1OC. The Hall–Kier alpha value is -2.65. The third-order valence-electron chi connectivity index (χ3n) is 6.82. The second-order valence-electron chi connectivity index (χ2n) is 9.21. The van der Waals surface area contributed by atoms with Gasteiger partial charge in [0, 0.05) is 56.5 Å². The molecule has 2 aliphatic rings. The highest BCUT2D eigenvalue weighted by atomic mass is 32.1. The maximum absolute atomic E-state index is 13.0. The van der Waals surface area contributed by atoms with Crippen LogP contribution in [0.25, 0.3) is 0 Å². The lowest BCUT2D eigenvalue weighted by Crippen LogP contribution is -2.49. The molecule has 184 valence electrons. The van der Waals surface area contributed by atoms with Crippen molar-refractivity contribution in [2.45, 2.75) is 51.1 Å². The van der Waals surface area contributed by atoms with Gasteiger partial charge in [-0.2, -0.15) is 0 Å². The molecule has 0 bridgehead atoms. The highest BCUT2D eigenvalue weighted by molar-refractivity contribution is 7.09. The van der Waals surface area contributed by atoms with Gasteiger partial charge in [0.15, 0.2) is 11.5 Å². The number of aryl methyl sites for hydroxylation is 1. The zero-order valence-corrected chi connectivity index (χ0v) is 21.1. The number of ether oxygens (including phenoxy) is 2. The fourth-order valence-electron chi connectivity index (χ4n) is 4.93. The molecule has 9 heteroatoms. The number of piperazine rings is 1. The molecule has 2 aromatic rings. The van der Waals surface area contributed by atoms with E-state index in [1.54, 1.807) is 25.6 Å². The molecule has 1 N–H and O–H groups in total. The van der Waals surface area contributed by atoms with E-state index in [-0.39, 0.29) is 11.8 Å². The summed E-state index contributed by atoms with van der Waals surface area (Å²) in [6.45, 7) is 6.04. The molecule has 4 rings (SSSR count). The van der Waals surface area contributed by atoms with Crippen LogP contribution >= 0.6 is 11.3 Å². The minimum absolute atomic E-state index is 0.0545. The summed E-state index contributed by atoms with van der Waals surface area (Å²) in [6.07, 6.45) is 2.95. The predicted molar refractivity (Wildman–Crippen MR) is 131 cm³/mol. The number of nitrogens with zero attached hydrogens (tertiary/aromatic N) is 3. The molecule has 0 spiro atoms. The van der Waals surface area contributed by atoms with E-state index in [9.17, 15) is 9.59 Å². The smallest absolute Gasteiger partial charge is 0.222 e. The van der Waals surface area contributed by atoms with Gasteiger partial charge in [0.05, 0.1) is 24.9 Å². The zero-order chi connectivity index (χ0) is 24.1. The summed E-state index contributed by atoms with van der Waals surface area (Å²) in [6, 6.07) is 5.84. The number of aromatic nitrogens is 1. The van der Waals surface area contributed by atoms with Gasteiger partial charge in [0.25, 0.3) is 0 Å². The van der Waals surface area contributed by atoms with Crippen molar-refractivity contribution in [2.24, 2.45) is 0 Å². The van der Waals surface area contributed by atoms with E-state index in [2.05, 4.69) is 20.6 Å². The van der Waals surface area contributed by atoms with Crippen molar-refractivity contribution in [1.82, 2.24) is 20.1 Å². The summed E-state index contributed by atoms with van der Waals surface area (Å²) < 4.78 is 10.8. The lowest BCUT2D eigenvalue weighted by atomic mass is 9.84. The third-order valence-corrected chi connectivity index (χ3v) is 7.64. The molecule has 1 aromatic carbocycles. The Bertz CT molecular complexity index is 1020. The van der Waals surface area contributed by atoms with Crippen LogP contribution in [0.5, 0.6) is 11.5 Å². The Morgan fingerprint density at radius 2 is 1.94 bits per heavy atom. The first-order chi connectivity index (χ1) is 16.4. The summed E-state index contributed by atoms with van der Waals surface area (Å²) in [5.41, 5.74) is 1.76. The summed E-state index contributed by atoms with van der Waals surface area (Å²) in [5, 5.41) is 6.38. The fraction of sp³-hybridized carbons (Fsp3) is 0.560. The molecule has 2 fully saturated rings. The normalized spacial score (nSPS) is 20.9. The van der Waals surface area contributed by atoms with Gasteiger partial charge in [-0.15, -0.1) is 11.3 Å². The average molecular weight is 487 g/mol. The first kappa shape index (κ1) is 24.5. The number of benzene rings is 1.